The minimum absolute atomic E-state index is 0.0806. The average molecular weight is 177 g/mol. The molecule has 4 N–H and O–H groups in total. The van der Waals surface area contributed by atoms with Crippen molar-refractivity contribution in [1.29, 1.82) is 0 Å². The van der Waals surface area contributed by atoms with E-state index in [2.05, 4.69) is 10.1 Å². The third-order valence-electron chi connectivity index (χ3n) is 1.82. The van der Waals surface area contributed by atoms with Gasteiger partial charge in [-0.3, -0.25) is 0 Å². The first kappa shape index (κ1) is 8.00. The zero-order valence-corrected chi connectivity index (χ0v) is 7.31. The third-order valence-corrected chi connectivity index (χ3v) is 1.82. The van der Waals surface area contributed by atoms with Crippen molar-refractivity contribution >= 4 is 11.3 Å². The summed E-state index contributed by atoms with van der Waals surface area (Å²) in [7, 11) is 0. The fraction of sp³-hybridized carbons (Fsp3) is 0.250. The van der Waals surface area contributed by atoms with Crippen molar-refractivity contribution in [2.45, 2.75) is 13.0 Å². The predicted molar refractivity (Wildman–Crippen MR) is 50.0 cm³/mol. The second-order valence-corrected chi connectivity index (χ2v) is 3.05. The van der Waals surface area contributed by atoms with Crippen LogP contribution in [0.3, 0.4) is 0 Å². The maximum atomic E-state index is 5.68. The number of hydrogen-bond acceptors (Lipinski definition) is 4. The lowest BCUT2D eigenvalue weighted by atomic mass is 10.3. The topological polar surface area (TPSA) is 82.2 Å². The van der Waals surface area contributed by atoms with Gasteiger partial charge in [0.1, 0.15) is 0 Å². The van der Waals surface area contributed by atoms with Crippen LogP contribution in [0.25, 0.3) is 5.65 Å². The Bertz CT molecular complexity index is 431. The van der Waals surface area contributed by atoms with Crippen LogP contribution in [0.15, 0.2) is 18.5 Å². The molecule has 0 saturated heterocycles. The van der Waals surface area contributed by atoms with E-state index in [-0.39, 0.29) is 6.04 Å². The van der Waals surface area contributed by atoms with Gasteiger partial charge < -0.3 is 11.5 Å². The van der Waals surface area contributed by atoms with Gasteiger partial charge in [0.15, 0.2) is 5.65 Å². The molecule has 0 radical (unpaired) electrons. The number of anilines is 1. The minimum Gasteiger partial charge on any atom is -0.396 e. The average Bonchev–Trinajstić information content (AvgIpc) is 2.46. The summed E-state index contributed by atoms with van der Waals surface area (Å²) < 4.78 is 1.63. The van der Waals surface area contributed by atoms with Crippen LogP contribution in [0, 0.1) is 0 Å². The lowest BCUT2D eigenvalue weighted by molar-refractivity contribution is 0.755. The van der Waals surface area contributed by atoms with E-state index in [0.717, 1.165) is 11.3 Å². The van der Waals surface area contributed by atoms with Crippen LogP contribution in [0.2, 0.25) is 0 Å². The van der Waals surface area contributed by atoms with Gasteiger partial charge in [-0.15, -0.1) is 0 Å². The van der Waals surface area contributed by atoms with Crippen molar-refractivity contribution in [3.63, 3.8) is 0 Å². The van der Waals surface area contributed by atoms with Crippen molar-refractivity contribution in [3.05, 3.63) is 24.2 Å². The molecule has 2 aromatic heterocycles. The van der Waals surface area contributed by atoms with Crippen molar-refractivity contribution in [3.8, 4) is 0 Å². The maximum absolute atomic E-state index is 5.68. The van der Waals surface area contributed by atoms with E-state index in [9.17, 15) is 0 Å². The lowest BCUT2D eigenvalue weighted by Gasteiger charge is -1.96. The van der Waals surface area contributed by atoms with E-state index in [4.69, 9.17) is 11.5 Å². The highest BCUT2D eigenvalue weighted by Crippen LogP contribution is 2.10. The first-order valence-corrected chi connectivity index (χ1v) is 4.03. The van der Waals surface area contributed by atoms with E-state index >= 15 is 0 Å². The van der Waals surface area contributed by atoms with Crippen LogP contribution in [0.5, 0.6) is 0 Å². The maximum Gasteiger partial charge on any atom is 0.155 e. The summed E-state index contributed by atoms with van der Waals surface area (Å²) in [6, 6.07) is 1.77. The number of fused-ring (bicyclic) bond motifs is 1. The van der Waals surface area contributed by atoms with Crippen LogP contribution in [-0.4, -0.2) is 14.6 Å². The molecule has 13 heavy (non-hydrogen) atoms. The van der Waals surface area contributed by atoms with Gasteiger partial charge in [-0.25, -0.2) is 9.50 Å². The fourth-order valence-electron chi connectivity index (χ4n) is 1.13. The highest BCUT2D eigenvalue weighted by atomic mass is 15.3. The quantitative estimate of drug-likeness (QED) is 0.657. The fourth-order valence-corrected chi connectivity index (χ4v) is 1.13. The molecule has 5 heteroatoms. The summed E-state index contributed by atoms with van der Waals surface area (Å²) in [6.45, 7) is 1.88. The molecule has 2 aromatic rings. The van der Waals surface area contributed by atoms with E-state index in [0.29, 0.717) is 5.69 Å². The molecule has 68 valence electrons. The van der Waals surface area contributed by atoms with Crippen LogP contribution in [0.1, 0.15) is 18.7 Å². The number of hydrogen-bond donors (Lipinski definition) is 2. The molecule has 0 fully saturated rings. The van der Waals surface area contributed by atoms with Gasteiger partial charge in [0.25, 0.3) is 0 Å². The SMILES string of the molecule is CC(N)c1cc2ncc(N)cn2n1. The Morgan fingerprint density at radius 2 is 2.31 bits per heavy atom. The highest BCUT2D eigenvalue weighted by molar-refractivity contribution is 5.44. The molecule has 1 atom stereocenters. The zero-order chi connectivity index (χ0) is 9.42. The molecule has 0 aliphatic carbocycles. The second kappa shape index (κ2) is 2.70. The number of aromatic nitrogens is 3. The summed E-state index contributed by atoms with van der Waals surface area (Å²) in [5.41, 5.74) is 13.4. The summed E-state index contributed by atoms with van der Waals surface area (Å²) in [6.07, 6.45) is 3.32. The standard InChI is InChI=1S/C8H11N5/c1-5(9)7-2-8-11-3-6(10)4-13(8)12-7/h2-5H,9-10H2,1H3. The molecule has 2 heterocycles. The molecule has 5 nitrogen and oxygen atoms in total. The van der Waals surface area contributed by atoms with Crippen LogP contribution in [0.4, 0.5) is 5.69 Å². The molecule has 0 bridgehead atoms. The number of nitrogens with zero attached hydrogens (tertiary/aromatic N) is 3. The first-order valence-electron chi connectivity index (χ1n) is 4.03. The van der Waals surface area contributed by atoms with E-state index in [1.807, 2.05) is 13.0 Å². The Kier molecular flexibility index (Phi) is 1.66. The molecule has 0 amide bonds. The third kappa shape index (κ3) is 1.33. The molecule has 0 aromatic carbocycles. The van der Waals surface area contributed by atoms with E-state index in [1.54, 1.807) is 16.9 Å². The Morgan fingerprint density at radius 3 is 3.00 bits per heavy atom. The van der Waals surface area contributed by atoms with Crippen LogP contribution < -0.4 is 11.5 Å². The largest absolute Gasteiger partial charge is 0.396 e. The molecule has 0 saturated carbocycles. The van der Waals surface area contributed by atoms with Gasteiger partial charge in [0, 0.05) is 12.1 Å². The number of nitrogens with two attached hydrogens (primary N) is 2. The summed E-state index contributed by atoms with van der Waals surface area (Å²) in [5.74, 6) is 0. The van der Waals surface area contributed by atoms with Gasteiger partial charge in [-0.05, 0) is 6.92 Å². The smallest absolute Gasteiger partial charge is 0.155 e. The molecular weight excluding hydrogens is 166 g/mol. The molecule has 0 spiro atoms. The summed E-state index contributed by atoms with van der Waals surface area (Å²) in [4.78, 5) is 4.10. The Morgan fingerprint density at radius 1 is 1.54 bits per heavy atom. The molecule has 0 aliphatic heterocycles. The Hall–Kier alpha value is -1.62. The number of nitrogen functional groups attached to an aromatic ring is 1. The predicted octanol–water partition coefficient (Wildman–Crippen LogP) is 0.331. The van der Waals surface area contributed by atoms with Gasteiger partial charge in [-0.2, -0.15) is 5.10 Å². The van der Waals surface area contributed by atoms with Crippen molar-refractivity contribution < 1.29 is 0 Å². The van der Waals surface area contributed by atoms with Gasteiger partial charge in [0.2, 0.25) is 0 Å². The van der Waals surface area contributed by atoms with Crippen molar-refractivity contribution in [2.75, 3.05) is 5.73 Å². The lowest BCUT2D eigenvalue weighted by Crippen LogP contribution is -2.05. The Labute approximate surface area is 75.4 Å². The van der Waals surface area contributed by atoms with Gasteiger partial charge in [-0.1, -0.05) is 0 Å². The second-order valence-electron chi connectivity index (χ2n) is 3.05. The van der Waals surface area contributed by atoms with E-state index in [1.165, 1.54) is 0 Å². The van der Waals surface area contributed by atoms with Gasteiger partial charge >= 0.3 is 0 Å². The van der Waals surface area contributed by atoms with Crippen LogP contribution in [-0.2, 0) is 0 Å². The molecular formula is C8H11N5. The number of rotatable bonds is 1. The summed E-state index contributed by atoms with van der Waals surface area (Å²) in [5, 5.41) is 4.22. The van der Waals surface area contributed by atoms with Gasteiger partial charge in [0.05, 0.1) is 23.8 Å². The van der Waals surface area contributed by atoms with Crippen molar-refractivity contribution in [1.82, 2.24) is 14.6 Å². The van der Waals surface area contributed by atoms with Crippen LogP contribution >= 0.6 is 0 Å². The zero-order valence-electron chi connectivity index (χ0n) is 7.31. The molecule has 2 rings (SSSR count). The van der Waals surface area contributed by atoms with Crippen molar-refractivity contribution in [2.24, 2.45) is 5.73 Å². The first-order chi connectivity index (χ1) is 6.16. The molecule has 1 unspecified atom stereocenters. The Balaban J connectivity index is 2.62. The molecule has 0 aliphatic rings. The minimum atomic E-state index is -0.0806. The monoisotopic (exact) mass is 177 g/mol. The summed E-state index contributed by atoms with van der Waals surface area (Å²) >= 11 is 0. The highest BCUT2D eigenvalue weighted by Gasteiger charge is 2.05. The van der Waals surface area contributed by atoms with E-state index < -0.39 is 0 Å². The normalized spacial score (nSPS) is 13.4.